The van der Waals surface area contributed by atoms with E-state index in [0.29, 0.717) is 11.8 Å². The molecule has 0 unspecified atom stereocenters. The van der Waals surface area contributed by atoms with E-state index in [-0.39, 0.29) is 12.2 Å². The van der Waals surface area contributed by atoms with Crippen LogP contribution >= 0.6 is 0 Å². The maximum atomic E-state index is 9.93. The lowest BCUT2D eigenvalue weighted by molar-refractivity contribution is -0.0325. The third-order valence-corrected chi connectivity index (χ3v) is 4.11. The predicted octanol–water partition coefficient (Wildman–Crippen LogP) is 2.09. The van der Waals surface area contributed by atoms with Crippen molar-refractivity contribution in [3.63, 3.8) is 0 Å². The number of aliphatic hydroxyl groups is 2. The Morgan fingerprint density at radius 2 is 0.929 bits per heavy atom. The third-order valence-electron chi connectivity index (χ3n) is 4.11. The fourth-order valence-electron chi connectivity index (χ4n) is 3.28. The Morgan fingerprint density at radius 1 is 0.571 bits per heavy atom. The highest BCUT2D eigenvalue weighted by Gasteiger charge is 2.35. The summed E-state index contributed by atoms with van der Waals surface area (Å²) in [5, 5.41) is 19.9. The quantitative estimate of drug-likeness (QED) is 0.677. The molecule has 2 saturated carbocycles. The van der Waals surface area contributed by atoms with E-state index >= 15 is 0 Å². The molecule has 0 amide bonds. The summed E-state index contributed by atoms with van der Waals surface area (Å²) in [5.41, 5.74) is 0. The van der Waals surface area contributed by atoms with Gasteiger partial charge in [-0.1, -0.05) is 25.7 Å². The first-order valence-corrected chi connectivity index (χ1v) is 6.15. The van der Waals surface area contributed by atoms with Crippen LogP contribution in [0.4, 0.5) is 0 Å². The molecular formula is C12H22O2. The van der Waals surface area contributed by atoms with Gasteiger partial charge in [0.05, 0.1) is 12.2 Å². The zero-order chi connectivity index (χ0) is 9.97. The average molecular weight is 198 g/mol. The summed E-state index contributed by atoms with van der Waals surface area (Å²) < 4.78 is 0. The minimum absolute atomic E-state index is 0.138. The molecule has 2 nitrogen and oxygen atoms in total. The van der Waals surface area contributed by atoms with Crippen molar-refractivity contribution in [3.05, 3.63) is 0 Å². The SMILES string of the molecule is O[C@@H]1CCCC[C@@H]1[C@@H]1CCCC[C@@H]1O. The molecule has 0 aliphatic heterocycles. The van der Waals surface area contributed by atoms with E-state index in [1.807, 2.05) is 0 Å². The van der Waals surface area contributed by atoms with Gasteiger partial charge in [0.25, 0.3) is 0 Å². The molecule has 0 bridgehead atoms. The zero-order valence-electron chi connectivity index (χ0n) is 8.86. The Hall–Kier alpha value is -0.0800. The molecule has 0 aromatic heterocycles. The minimum Gasteiger partial charge on any atom is -0.393 e. The Kier molecular flexibility index (Phi) is 3.45. The Labute approximate surface area is 86.3 Å². The minimum atomic E-state index is -0.138. The van der Waals surface area contributed by atoms with Crippen LogP contribution in [-0.2, 0) is 0 Å². The molecule has 2 heteroatoms. The van der Waals surface area contributed by atoms with Gasteiger partial charge in [0.2, 0.25) is 0 Å². The van der Waals surface area contributed by atoms with Crippen molar-refractivity contribution in [3.8, 4) is 0 Å². The van der Waals surface area contributed by atoms with Gasteiger partial charge in [-0.2, -0.15) is 0 Å². The summed E-state index contributed by atoms with van der Waals surface area (Å²) in [6, 6.07) is 0. The van der Waals surface area contributed by atoms with Crippen molar-refractivity contribution >= 4 is 0 Å². The number of aliphatic hydroxyl groups excluding tert-OH is 2. The zero-order valence-corrected chi connectivity index (χ0v) is 8.86. The van der Waals surface area contributed by atoms with Gasteiger partial charge >= 0.3 is 0 Å². The van der Waals surface area contributed by atoms with E-state index in [4.69, 9.17) is 0 Å². The normalized spacial score (nSPS) is 45.0. The van der Waals surface area contributed by atoms with E-state index in [1.54, 1.807) is 0 Å². The molecule has 0 aromatic carbocycles. The van der Waals surface area contributed by atoms with Crippen LogP contribution in [0.1, 0.15) is 51.4 Å². The van der Waals surface area contributed by atoms with Gasteiger partial charge in [0, 0.05) is 0 Å². The molecule has 2 aliphatic carbocycles. The summed E-state index contributed by atoms with van der Waals surface area (Å²) in [6.07, 6.45) is 8.70. The highest BCUT2D eigenvalue weighted by atomic mass is 16.3. The van der Waals surface area contributed by atoms with Crippen LogP contribution in [0.2, 0.25) is 0 Å². The average Bonchev–Trinajstić information content (AvgIpc) is 2.20. The number of rotatable bonds is 1. The maximum Gasteiger partial charge on any atom is 0.0572 e. The molecule has 0 heterocycles. The van der Waals surface area contributed by atoms with Crippen molar-refractivity contribution in [2.75, 3.05) is 0 Å². The van der Waals surface area contributed by atoms with Gasteiger partial charge in [-0.15, -0.1) is 0 Å². The van der Waals surface area contributed by atoms with Crippen LogP contribution in [0.15, 0.2) is 0 Å². The summed E-state index contributed by atoms with van der Waals surface area (Å²) >= 11 is 0. The topological polar surface area (TPSA) is 40.5 Å². The molecule has 2 aliphatic rings. The van der Waals surface area contributed by atoms with Crippen LogP contribution in [0.3, 0.4) is 0 Å². The van der Waals surface area contributed by atoms with Crippen molar-refractivity contribution in [1.29, 1.82) is 0 Å². The van der Waals surface area contributed by atoms with Gasteiger partial charge in [-0.25, -0.2) is 0 Å². The van der Waals surface area contributed by atoms with Gasteiger partial charge in [0.1, 0.15) is 0 Å². The van der Waals surface area contributed by atoms with E-state index in [9.17, 15) is 10.2 Å². The standard InChI is InChI=1S/C12H22O2/c13-11-7-3-1-5-9(11)10-6-2-4-8-12(10)14/h9-14H,1-8H2/t9-,10+,11-,12+. The molecule has 0 saturated heterocycles. The predicted molar refractivity (Wildman–Crippen MR) is 55.9 cm³/mol. The van der Waals surface area contributed by atoms with E-state index < -0.39 is 0 Å². The van der Waals surface area contributed by atoms with Crippen molar-refractivity contribution in [2.24, 2.45) is 11.8 Å². The van der Waals surface area contributed by atoms with E-state index in [1.165, 1.54) is 25.7 Å². The molecule has 82 valence electrons. The molecule has 0 radical (unpaired) electrons. The molecule has 4 atom stereocenters. The molecule has 2 fully saturated rings. The lowest BCUT2D eigenvalue weighted by Crippen LogP contribution is -2.38. The molecule has 0 spiro atoms. The Balaban J connectivity index is 1.96. The largest absolute Gasteiger partial charge is 0.393 e. The lowest BCUT2D eigenvalue weighted by atomic mass is 9.71. The van der Waals surface area contributed by atoms with Crippen LogP contribution in [0, 0.1) is 11.8 Å². The van der Waals surface area contributed by atoms with E-state index in [2.05, 4.69) is 0 Å². The number of hydrogen-bond donors (Lipinski definition) is 2. The molecule has 2 N–H and O–H groups in total. The Morgan fingerprint density at radius 3 is 1.29 bits per heavy atom. The second-order valence-electron chi connectivity index (χ2n) is 5.03. The molecular weight excluding hydrogens is 176 g/mol. The second kappa shape index (κ2) is 4.63. The molecule has 0 aromatic rings. The van der Waals surface area contributed by atoms with Crippen LogP contribution in [0.25, 0.3) is 0 Å². The highest BCUT2D eigenvalue weighted by molar-refractivity contribution is 4.86. The maximum absolute atomic E-state index is 9.93. The first kappa shape index (κ1) is 10.4. The smallest absolute Gasteiger partial charge is 0.0572 e. The summed E-state index contributed by atoms with van der Waals surface area (Å²) in [7, 11) is 0. The third kappa shape index (κ3) is 2.12. The van der Waals surface area contributed by atoms with Crippen LogP contribution in [0.5, 0.6) is 0 Å². The van der Waals surface area contributed by atoms with Crippen molar-refractivity contribution in [2.45, 2.75) is 63.6 Å². The fraction of sp³-hybridized carbons (Fsp3) is 1.00. The summed E-state index contributed by atoms with van der Waals surface area (Å²) in [4.78, 5) is 0. The van der Waals surface area contributed by atoms with Gasteiger partial charge < -0.3 is 10.2 Å². The van der Waals surface area contributed by atoms with Crippen LogP contribution < -0.4 is 0 Å². The summed E-state index contributed by atoms with van der Waals surface area (Å²) in [5.74, 6) is 0.776. The molecule has 2 rings (SSSR count). The van der Waals surface area contributed by atoms with E-state index in [0.717, 1.165) is 25.7 Å². The van der Waals surface area contributed by atoms with Gasteiger partial charge in [-0.3, -0.25) is 0 Å². The first-order chi connectivity index (χ1) is 6.79. The van der Waals surface area contributed by atoms with Crippen molar-refractivity contribution in [1.82, 2.24) is 0 Å². The first-order valence-electron chi connectivity index (χ1n) is 6.15. The fourth-order valence-corrected chi connectivity index (χ4v) is 3.28. The number of hydrogen-bond acceptors (Lipinski definition) is 2. The highest BCUT2D eigenvalue weighted by Crippen LogP contribution is 2.38. The van der Waals surface area contributed by atoms with Crippen LogP contribution in [-0.4, -0.2) is 22.4 Å². The molecule has 14 heavy (non-hydrogen) atoms. The van der Waals surface area contributed by atoms with Gasteiger partial charge in [-0.05, 0) is 37.5 Å². The second-order valence-corrected chi connectivity index (χ2v) is 5.03. The van der Waals surface area contributed by atoms with Gasteiger partial charge in [0.15, 0.2) is 0 Å². The summed E-state index contributed by atoms with van der Waals surface area (Å²) in [6.45, 7) is 0. The lowest BCUT2D eigenvalue weighted by Gasteiger charge is -2.39. The van der Waals surface area contributed by atoms with Crippen molar-refractivity contribution < 1.29 is 10.2 Å². The Bertz CT molecular complexity index is 161. The monoisotopic (exact) mass is 198 g/mol.